The molecule has 1 N–H and O–H groups in total. The van der Waals surface area contributed by atoms with Crippen molar-refractivity contribution in [1.29, 1.82) is 0 Å². The summed E-state index contributed by atoms with van der Waals surface area (Å²) in [6.45, 7) is -0.0936. The third-order valence-electron chi connectivity index (χ3n) is 2.03. The lowest BCUT2D eigenvalue weighted by Gasteiger charge is -1.96. The fourth-order valence-electron chi connectivity index (χ4n) is 1.26. The topological polar surface area (TPSA) is 32.8 Å². The van der Waals surface area contributed by atoms with Crippen molar-refractivity contribution < 1.29 is 18.6 Å². The molecular formula is C9H8F2O2. The zero-order valence-electron chi connectivity index (χ0n) is 6.71. The van der Waals surface area contributed by atoms with E-state index < -0.39 is 11.6 Å². The molecule has 1 aromatic carbocycles. The number of ether oxygens (including phenoxy) is 1. The normalized spacial score (nSPS) is 26.1. The van der Waals surface area contributed by atoms with Gasteiger partial charge in [0.05, 0.1) is 6.61 Å². The number of aliphatic hydroxyl groups excluding tert-OH is 1. The molecule has 4 heteroatoms. The maximum Gasteiger partial charge on any atom is 0.159 e. The molecule has 2 nitrogen and oxygen atoms in total. The summed E-state index contributed by atoms with van der Waals surface area (Å²) in [6.07, 6.45) is -0.537. The van der Waals surface area contributed by atoms with Crippen LogP contribution in [0.15, 0.2) is 18.2 Å². The molecule has 1 saturated heterocycles. The molecule has 0 amide bonds. The molecule has 0 radical (unpaired) electrons. The number of rotatable bonds is 2. The second-order valence-corrected chi connectivity index (χ2v) is 2.95. The lowest BCUT2D eigenvalue weighted by molar-refractivity contribution is 0.242. The van der Waals surface area contributed by atoms with Crippen LogP contribution in [0.25, 0.3) is 0 Å². The van der Waals surface area contributed by atoms with E-state index in [4.69, 9.17) is 9.84 Å². The molecule has 0 aromatic heterocycles. The summed E-state index contributed by atoms with van der Waals surface area (Å²) < 4.78 is 30.2. The van der Waals surface area contributed by atoms with Gasteiger partial charge >= 0.3 is 0 Å². The second kappa shape index (κ2) is 3.05. The van der Waals surface area contributed by atoms with Gasteiger partial charge in [0.25, 0.3) is 0 Å². The fourth-order valence-corrected chi connectivity index (χ4v) is 1.26. The Balaban J connectivity index is 2.19. The van der Waals surface area contributed by atoms with E-state index in [0.717, 1.165) is 12.1 Å². The monoisotopic (exact) mass is 186 g/mol. The van der Waals surface area contributed by atoms with Gasteiger partial charge in [0.2, 0.25) is 0 Å². The molecule has 1 fully saturated rings. The molecule has 1 aliphatic rings. The summed E-state index contributed by atoms with van der Waals surface area (Å²) >= 11 is 0. The lowest BCUT2D eigenvalue weighted by Crippen LogP contribution is -1.95. The first-order valence-electron chi connectivity index (χ1n) is 3.93. The maximum atomic E-state index is 12.7. The van der Waals surface area contributed by atoms with E-state index in [1.54, 1.807) is 0 Å². The van der Waals surface area contributed by atoms with E-state index in [0.29, 0.717) is 5.56 Å². The van der Waals surface area contributed by atoms with E-state index >= 15 is 0 Å². The van der Waals surface area contributed by atoms with Crippen LogP contribution in [-0.2, 0) is 4.74 Å². The van der Waals surface area contributed by atoms with Gasteiger partial charge in [-0.1, -0.05) is 6.07 Å². The van der Waals surface area contributed by atoms with Crippen molar-refractivity contribution in [3.05, 3.63) is 35.4 Å². The zero-order chi connectivity index (χ0) is 9.42. The minimum atomic E-state index is -0.885. The van der Waals surface area contributed by atoms with Crippen LogP contribution in [0.5, 0.6) is 0 Å². The minimum Gasteiger partial charge on any atom is -0.394 e. The molecule has 2 rings (SSSR count). The highest BCUT2D eigenvalue weighted by Crippen LogP contribution is 2.38. The van der Waals surface area contributed by atoms with E-state index in [2.05, 4.69) is 0 Å². The molecule has 1 aromatic rings. The molecule has 2 atom stereocenters. The molecule has 0 bridgehead atoms. The summed E-state index contributed by atoms with van der Waals surface area (Å²) in [7, 11) is 0. The van der Waals surface area contributed by atoms with Gasteiger partial charge in [-0.3, -0.25) is 0 Å². The van der Waals surface area contributed by atoms with E-state index in [9.17, 15) is 8.78 Å². The van der Waals surface area contributed by atoms with E-state index in [1.165, 1.54) is 6.07 Å². The van der Waals surface area contributed by atoms with Gasteiger partial charge in [0.1, 0.15) is 12.2 Å². The van der Waals surface area contributed by atoms with Gasteiger partial charge < -0.3 is 9.84 Å². The van der Waals surface area contributed by atoms with Gasteiger partial charge in [0.15, 0.2) is 11.6 Å². The van der Waals surface area contributed by atoms with Crippen molar-refractivity contribution in [3.63, 3.8) is 0 Å². The largest absolute Gasteiger partial charge is 0.394 e. The predicted molar refractivity (Wildman–Crippen MR) is 41.1 cm³/mol. The van der Waals surface area contributed by atoms with Crippen LogP contribution in [0.3, 0.4) is 0 Å². The predicted octanol–water partition coefficient (Wildman–Crippen LogP) is 1.40. The Hall–Kier alpha value is -1.00. The van der Waals surface area contributed by atoms with Crippen LogP contribution in [0.2, 0.25) is 0 Å². The van der Waals surface area contributed by atoms with Gasteiger partial charge in [-0.2, -0.15) is 0 Å². The summed E-state index contributed by atoms with van der Waals surface area (Å²) in [6, 6.07) is 3.61. The number of aliphatic hydroxyl groups is 1. The quantitative estimate of drug-likeness (QED) is 0.708. The van der Waals surface area contributed by atoms with E-state index in [1.807, 2.05) is 0 Å². The summed E-state index contributed by atoms with van der Waals surface area (Å²) in [5, 5.41) is 8.67. The SMILES string of the molecule is OCC1OC1c1ccc(F)c(F)c1. The van der Waals surface area contributed by atoms with Crippen LogP contribution in [0.4, 0.5) is 8.78 Å². The Morgan fingerprint density at radius 2 is 2.08 bits per heavy atom. The standard InChI is InChI=1S/C9H8F2O2/c10-6-2-1-5(3-7(6)11)9-8(4-12)13-9/h1-3,8-9,12H,4H2. The van der Waals surface area contributed by atoms with Crippen LogP contribution >= 0.6 is 0 Å². The van der Waals surface area contributed by atoms with Gasteiger partial charge in [0, 0.05) is 0 Å². The van der Waals surface area contributed by atoms with Crippen molar-refractivity contribution in [2.45, 2.75) is 12.2 Å². The van der Waals surface area contributed by atoms with Gasteiger partial charge in [-0.15, -0.1) is 0 Å². The number of halogens is 2. The van der Waals surface area contributed by atoms with Crippen LogP contribution in [-0.4, -0.2) is 17.8 Å². The Kier molecular flexibility index (Phi) is 2.01. The molecular weight excluding hydrogens is 178 g/mol. The fraction of sp³-hybridized carbons (Fsp3) is 0.333. The molecule has 0 aliphatic carbocycles. The van der Waals surface area contributed by atoms with E-state index in [-0.39, 0.29) is 18.8 Å². The molecule has 70 valence electrons. The first kappa shape index (κ1) is 8.59. The maximum absolute atomic E-state index is 12.7. The first-order chi connectivity index (χ1) is 6.22. The summed E-state index contributed by atoms with van der Waals surface area (Å²) in [5.41, 5.74) is 0.568. The van der Waals surface area contributed by atoms with Crippen molar-refractivity contribution >= 4 is 0 Å². The number of hydrogen-bond acceptors (Lipinski definition) is 2. The molecule has 0 spiro atoms. The Morgan fingerprint density at radius 1 is 1.31 bits per heavy atom. The van der Waals surface area contributed by atoms with Crippen LogP contribution in [0.1, 0.15) is 11.7 Å². The molecule has 1 aliphatic heterocycles. The summed E-state index contributed by atoms with van der Waals surface area (Å²) in [4.78, 5) is 0. The minimum absolute atomic E-state index is 0.0936. The number of hydrogen-bond donors (Lipinski definition) is 1. The van der Waals surface area contributed by atoms with Crippen LogP contribution < -0.4 is 0 Å². The highest BCUT2D eigenvalue weighted by atomic mass is 19.2. The third-order valence-corrected chi connectivity index (χ3v) is 2.03. The van der Waals surface area contributed by atoms with Crippen molar-refractivity contribution in [1.82, 2.24) is 0 Å². The van der Waals surface area contributed by atoms with Crippen LogP contribution in [0, 0.1) is 11.6 Å². The Morgan fingerprint density at radius 3 is 2.62 bits per heavy atom. The highest BCUT2D eigenvalue weighted by Gasteiger charge is 2.39. The molecule has 1 heterocycles. The number of benzene rings is 1. The smallest absolute Gasteiger partial charge is 0.159 e. The van der Waals surface area contributed by atoms with Gasteiger partial charge in [-0.05, 0) is 17.7 Å². The Bertz CT molecular complexity index is 327. The average molecular weight is 186 g/mol. The van der Waals surface area contributed by atoms with Crippen molar-refractivity contribution in [2.75, 3.05) is 6.61 Å². The zero-order valence-corrected chi connectivity index (χ0v) is 6.71. The van der Waals surface area contributed by atoms with Gasteiger partial charge in [-0.25, -0.2) is 8.78 Å². The second-order valence-electron chi connectivity index (χ2n) is 2.95. The summed E-state index contributed by atoms with van der Waals surface area (Å²) in [5.74, 6) is -1.75. The third kappa shape index (κ3) is 1.55. The highest BCUT2D eigenvalue weighted by molar-refractivity contribution is 5.24. The first-order valence-corrected chi connectivity index (χ1v) is 3.93. The lowest BCUT2D eigenvalue weighted by atomic mass is 10.1. The molecule has 13 heavy (non-hydrogen) atoms. The molecule has 2 unspecified atom stereocenters. The Labute approximate surface area is 73.8 Å². The van der Waals surface area contributed by atoms with Crippen molar-refractivity contribution in [3.8, 4) is 0 Å². The van der Waals surface area contributed by atoms with Crippen molar-refractivity contribution in [2.24, 2.45) is 0 Å². The average Bonchev–Trinajstić information content (AvgIpc) is 2.88. The molecule has 0 saturated carbocycles. The number of epoxide rings is 1.